The molecule has 5 nitrogen and oxygen atoms in total. The van der Waals surface area contributed by atoms with Gasteiger partial charge in [0.1, 0.15) is 0 Å². The Morgan fingerprint density at radius 3 is 1.69 bits per heavy atom. The lowest BCUT2D eigenvalue weighted by molar-refractivity contribution is 1.07. The summed E-state index contributed by atoms with van der Waals surface area (Å²) in [5.74, 6) is 1.93. The smallest absolute Gasteiger partial charge is 0.164 e. The van der Waals surface area contributed by atoms with Gasteiger partial charge in [-0.3, -0.25) is 0 Å². The van der Waals surface area contributed by atoms with Crippen molar-refractivity contribution in [2.75, 3.05) is 0 Å². The van der Waals surface area contributed by atoms with Crippen molar-refractivity contribution in [1.82, 2.24) is 24.1 Å². The van der Waals surface area contributed by atoms with Crippen LogP contribution in [0.15, 0.2) is 200 Å². The molecule has 8 aromatic carbocycles. The summed E-state index contributed by atoms with van der Waals surface area (Å²) in [5, 5.41) is 6.25. The third-order valence-corrected chi connectivity index (χ3v) is 12.6. The standard InChI is InChI=1S/C53H33N5S/c1-4-14-34(15-5-1)51-54-52(35-16-6-2-7-17-35)56-53(55-51)39-20-12-18-36(30-39)37-19-13-23-41(31-37)58-47-32-38-28-29-57(40-21-8-3-9-22-40)46(38)33-45(47)43-26-27-44-42-24-10-11-25-48(42)59-50(44)49(43)58/h1-33H. The van der Waals surface area contributed by atoms with E-state index in [1.807, 2.05) is 72.0 Å². The fraction of sp³-hybridized carbons (Fsp3) is 0. The van der Waals surface area contributed by atoms with Gasteiger partial charge in [-0.05, 0) is 65.7 Å². The first kappa shape index (κ1) is 33.5. The Balaban J connectivity index is 1.05. The summed E-state index contributed by atoms with van der Waals surface area (Å²) in [7, 11) is 0. The lowest BCUT2D eigenvalue weighted by Gasteiger charge is -2.12. The average molecular weight is 772 g/mol. The van der Waals surface area contributed by atoms with Crippen LogP contribution >= 0.6 is 11.3 Å². The summed E-state index contributed by atoms with van der Waals surface area (Å²) < 4.78 is 7.37. The van der Waals surface area contributed by atoms with Gasteiger partial charge in [0.2, 0.25) is 0 Å². The molecule has 0 spiro atoms. The molecule has 4 aromatic heterocycles. The van der Waals surface area contributed by atoms with Crippen LogP contribution in [0.1, 0.15) is 0 Å². The second kappa shape index (κ2) is 13.5. The molecule has 276 valence electrons. The summed E-state index contributed by atoms with van der Waals surface area (Å²) in [4.78, 5) is 15.0. The van der Waals surface area contributed by atoms with Crippen molar-refractivity contribution in [3.05, 3.63) is 200 Å². The van der Waals surface area contributed by atoms with Gasteiger partial charge >= 0.3 is 0 Å². The highest BCUT2D eigenvalue weighted by molar-refractivity contribution is 7.26. The monoisotopic (exact) mass is 771 g/mol. The van der Waals surface area contributed by atoms with E-state index in [4.69, 9.17) is 15.0 Å². The summed E-state index contributed by atoms with van der Waals surface area (Å²) >= 11 is 1.88. The molecule has 0 saturated heterocycles. The van der Waals surface area contributed by atoms with Gasteiger partial charge in [0.25, 0.3) is 0 Å². The highest BCUT2D eigenvalue weighted by atomic mass is 32.1. The number of aromatic nitrogens is 5. The van der Waals surface area contributed by atoms with E-state index in [1.54, 1.807) is 0 Å². The SMILES string of the molecule is c1ccc(-c2nc(-c3ccccc3)nc(-c3cccc(-c4cccc(-n5c6cc7ccn(-c8ccccc8)c7cc6c6ccc7c8ccccc8sc7c65)c4)c3)n2)cc1. The highest BCUT2D eigenvalue weighted by Crippen LogP contribution is 2.44. The largest absolute Gasteiger partial charge is 0.317 e. The minimum absolute atomic E-state index is 0.636. The van der Waals surface area contributed by atoms with Gasteiger partial charge in [-0.2, -0.15) is 0 Å². The van der Waals surface area contributed by atoms with Crippen molar-refractivity contribution in [1.29, 1.82) is 0 Å². The molecule has 0 saturated carbocycles. The molecule has 0 atom stereocenters. The lowest BCUT2D eigenvalue weighted by Crippen LogP contribution is -2.00. The molecule has 0 aliphatic heterocycles. The van der Waals surface area contributed by atoms with Crippen molar-refractivity contribution in [2.24, 2.45) is 0 Å². The minimum atomic E-state index is 0.636. The van der Waals surface area contributed by atoms with E-state index in [2.05, 4.69) is 149 Å². The van der Waals surface area contributed by atoms with Crippen LogP contribution in [0.5, 0.6) is 0 Å². The minimum Gasteiger partial charge on any atom is -0.317 e. The van der Waals surface area contributed by atoms with Crippen LogP contribution in [0.25, 0.3) is 110 Å². The van der Waals surface area contributed by atoms with Crippen molar-refractivity contribution in [3.63, 3.8) is 0 Å². The summed E-state index contributed by atoms with van der Waals surface area (Å²) in [6, 6.07) is 68.7. The molecule has 59 heavy (non-hydrogen) atoms. The molecular weight excluding hydrogens is 739 g/mol. The molecule has 12 rings (SSSR count). The van der Waals surface area contributed by atoms with Crippen LogP contribution in [0.3, 0.4) is 0 Å². The number of rotatable bonds is 6. The van der Waals surface area contributed by atoms with Gasteiger partial charge < -0.3 is 9.13 Å². The van der Waals surface area contributed by atoms with Crippen LogP contribution < -0.4 is 0 Å². The maximum atomic E-state index is 5.03. The van der Waals surface area contributed by atoms with Crippen molar-refractivity contribution >= 4 is 64.2 Å². The first-order valence-electron chi connectivity index (χ1n) is 19.8. The maximum absolute atomic E-state index is 5.03. The van der Waals surface area contributed by atoms with E-state index < -0.39 is 0 Å². The van der Waals surface area contributed by atoms with Crippen LogP contribution in [-0.2, 0) is 0 Å². The maximum Gasteiger partial charge on any atom is 0.164 e. The topological polar surface area (TPSA) is 48.5 Å². The Labute approximate surface area is 343 Å². The predicted molar refractivity (Wildman–Crippen MR) is 246 cm³/mol. The van der Waals surface area contributed by atoms with Crippen LogP contribution in [0.4, 0.5) is 0 Å². The second-order valence-corrected chi connectivity index (χ2v) is 15.9. The number of nitrogens with zero attached hydrogens (tertiary/aromatic N) is 5. The van der Waals surface area contributed by atoms with Crippen molar-refractivity contribution in [3.8, 4) is 56.7 Å². The number of benzene rings is 8. The van der Waals surface area contributed by atoms with Crippen molar-refractivity contribution < 1.29 is 0 Å². The fourth-order valence-corrected chi connectivity index (χ4v) is 9.83. The van der Waals surface area contributed by atoms with E-state index in [0.29, 0.717) is 17.5 Å². The number of thiophene rings is 1. The molecule has 0 aliphatic rings. The molecule has 0 bridgehead atoms. The highest BCUT2D eigenvalue weighted by Gasteiger charge is 2.20. The number of fused-ring (bicyclic) bond motifs is 8. The Morgan fingerprint density at radius 1 is 0.373 bits per heavy atom. The van der Waals surface area contributed by atoms with Crippen LogP contribution in [-0.4, -0.2) is 24.1 Å². The molecule has 0 aliphatic carbocycles. The molecule has 12 aromatic rings. The summed E-state index contributed by atoms with van der Waals surface area (Å²) in [6.45, 7) is 0. The molecule has 0 unspecified atom stereocenters. The average Bonchev–Trinajstić information content (AvgIpc) is 4.01. The quantitative estimate of drug-likeness (QED) is 0.169. The third-order valence-electron chi connectivity index (χ3n) is 11.4. The Bertz CT molecular complexity index is 3490. The molecule has 0 amide bonds. The molecular formula is C53H33N5S. The zero-order valence-corrected chi connectivity index (χ0v) is 32.5. The number of para-hydroxylation sites is 1. The zero-order chi connectivity index (χ0) is 38.9. The fourth-order valence-electron chi connectivity index (χ4n) is 8.59. The zero-order valence-electron chi connectivity index (χ0n) is 31.7. The Morgan fingerprint density at radius 2 is 0.949 bits per heavy atom. The second-order valence-electron chi connectivity index (χ2n) is 14.9. The van der Waals surface area contributed by atoms with Gasteiger partial charge in [-0.15, -0.1) is 11.3 Å². The van der Waals surface area contributed by atoms with Gasteiger partial charge in [-0.25, -0.2) is 15.0 Å². The molecule has 4 heterocycles. The first-order chi connectivity index (χ1) is 29.2. The van der Waals surface area contributed by atoms with Crippen LogP contribution in [0.2, 0.25) is 0 Å². The van der Waals surface area contributed by atoms with E-state index in [0.717, 1.165) is 39.2 Å². The Kier molecular flexibility index (Phi) is 7.64. The Hall–Kier alpha value is -7.67. The number of hydrogen-bond acceptors (Lipinski definition) is 4. The lowest BCUT2D eigenvalue weighted by atomic mass is 10.0. The predicted octanol–water partition coefficient (Wildman–Crippen LogP) is 13.9. The normalized spacial score (nSPS) is 11.7. The van der Waals surface area contributed by atoms with Gasteiger partial charge in [0.15, 0.2) is 17.5 Å². The summed E-state index contributed by atoms with van der Waals surface area (Å²) in [5.41, 5.74) is 10.9. The molecule has 0 fully saturated rings. The number of hydrogen-bond donors (Lipinski definition) is 0. The third kappa shape index (κ3) is 5.57. The van der Waals surface area contributed by atoms with E-state index >= 15 is 0 Å². The van der Waals surface area contributed by atoms with E-state index in [1.165, 1.54) is 52.9 Å². The van der Waals surface area contributed by atoms with E-state index in [-0.39, 0.29) is 0 Å². The van der Waals surface area contributed by atoms with Gasteiger partial charge in [0, 0.05) is 65.9 Å². The van der Waals surface area contributed by atoms with Crippen molar-refractivity contribution in [2.45, 2.75) is 0 Å². The van der Waals surface area contributed by atoms with E-state index in [9.17, 15) is 0 Å². The molecule has 0 N–H and O–H groups in total. The summed E-state index contributed by atoms with van der Waals surface area (Å²) in [6.07, 6.45) is 2.18. The molecule has 0 radical (unpaired) electrons. The van der Waals surface area contributed by atoms with Gasteiger partial charge in [0.05, 0.1) is 21.3 Å². The van der Waals surface area contributed by atoms with Gasteiger partial charge in [-0.1, -0.05) is 140 Å². The first-order valence-corrected chi connectivity index (χ1v) is 20.6. The van der Waals surface area contributed by atoms with Crippen LogP contribution in [0, 0.1) is 0 Å². The molecule has 6 heteroatoms.